The molecule has 1 aromatic heterocycles. The molecule has 0 fully saturated rings. The lowest BCUT2D eigenvalue weighted by atomic mass is 10.2. The van der Waals surface area contributed by atoms with Gasteiger partial charge >= 0.3 is 0 Å². The van der Waals surface area contributed by atoms with Crippen molar-refractivity contribution in [2.24, 2.45) is 0 Å². The Morgan fingerprint density at radius 2 is 1.76 bits per heavy atom. The molecular weight excluding hydrogens is 265 g/mol. The number of anilines is 1. The second-order valence-corrected chi connectivity index (χ2v) is 4.85. The van der Waals surface area contributed by atoms with Gasteiger partial charge in [0.2, 0.25) is 0 Å². The third-order valence-electron chi connectivity index (χ3n) is 3.25. The summed E-state index contributed by atoms with van der Waals surface area (Å²) < 4.78 is 13.0. The summed E-state index contributed by atoms with van der Waals surface area (Å²) in [4.78, 5) is 9.16. The highest BCUT2D eigenvalue weighted by atomic mass is 19.1. The van der Waals surface area contributed by atoms with E-state index in [1.54, 1.807) is 12.1 Å². The zero-order valence-electron chi connectivity index (χ0n) is 11.8. The van der Waals surface area contributed by atoms with Gasteiger partial charge in [-0.15, -0.1) is 0 Å². The molecule has 3 aromatic rings. The van der Waals surface area contributed by atoms with Crippen LogP contribution in [0.2, 0.25) is 0 Å². The van der Waals surface area contributed by atoms with Gasteiger partial charge in [0, 0.05) is 17.5 Å². The van der Waals surface area contributed by atoms with E-state index >= 15 is 0 Å². The molecule has 0 aliphatic rings. The van der Waals surface area contributed by atoms with E-state index in [1.807, 2.05) is 24.3 Å². The highest BCUT2D eigenvalue weighted by Crippen LogP contribution is 2.24. The van der Waals surface area contributed by atoms with Gasteiger partial charge in [-0.2, -0.15) is 0 Å². The molecular formula is C17H16FN3. The van der Waals surface area contributed by atoms with Gasteiger partial charge in [-0.1, -0.05) is 19.1 Å². The van der Waals surface area contributed by atoms with Crippen LogP contribution in [0.5, 0.6) is 0 Å². The van der Waals surface area contributed by atoms with Crippen LogP contribution in [-0.2, 0) is 0 Å². The summed E-state index contributed by atoms with van der Waals surface area (Å²) in [7, 11) is 0. The molecule has 0 aliphatic heterocycles. The molecule has 21 heavy (non-hydrogen) atoms. The predicted molar refractivity (Wildman–Crippen MR) is 83.7 cm³/mol. The van der Waals surface area contributed by atoms with Crippen molar-refractivity contribution in [3.05, 3.63) is 54.3 Å². The van der Waals surface area contributed by atoms with Crippen molar-refractivity contribution < 1.29 is 4.39 Å². The topological polar surface area (TPSA) is 37.8 Å². The second kappa shape index (κ2) is 5.87. The fourth-order valence-corrected chi connectivity index (χ4v) is 2.18. The molecule has 0 saturated carbocycles. The molecule has 3 nitrogen and oxygen atoms in total. The monoisotopic (exact) mass is 281 g/mol. The van der Waals surface area contributed by atoms with Crippen molar-refractivity contribution in [3.8, 4) is 11.4 Å². The normalized spacial score (nSPS) is 10.8. The lowest BCUT2D eigenvalue weighted by Crippen LogP contribution is -2.04. The van der Waals surface area contributed by atoms with Gasteiger partial charge in [0.1, 0.15) is 11.6 Å². The lowest BCUT2D eigenvalue weighted by molar-refractivity contribution is 0.628. The summed E-state index contributed by atoms with van der Waals surface area (Å²) >= 11 is 0. The van der Waals surface area contributed by atoms with Gasteiger partial charge in [0.15, 0.2) is 5.82 Å². The largest absolute Gasteiger partial charge is 0.369 e. The van der Waals surface area contributed by atoms with Crippen molar-refractivity contribution in [1.29, 1.82) is 0 Å². The molecule has 0 radical (unpaired) electrons. The van der Waals surface area contributed by atoms with Crippen LogP contribution in [0.15, 0.2) is 48.5 Å². The van der Waals surface area contributed by atoms with E-state index in [9.17, 15) is 4.39 Å². The number of fused-ring (bicyclic) bond motifs is 1. The predicted octanol–water partition coefficient (Wildman–Crippen LogP) is 4.26. The van der Waals surface area contributed by atoms with Gasteiger partial charge in [-0.25, -0.2) is 14.4 Å². The molecule has 0 amide bonds. The summed E-state index contributed by atoms with van der Waals surface area (Å²) in [5, 5.41) is 4.33. The first kappa shape index (κ1) is 13.5. The first-order chi connectivity index (χ1) is 10.3. The zero-order chi connectivity index (χ0) is 14.7. The molecule has 4 heteroatoms. The highest BCUT2D eigenvalue weighted by molar-refractivity contribution is 5.90. The van der Waals surface area contributed by atoms with E-state index < -0.39 is 0 Å². The van der Waals surface area contributed by atoms with Crippen LogP contribution in [-0.4, -0.2) is 16.5 Å². The van der Waals surface area contributed by atoms with Crippen LogP contribution in [0, 0.1) is 5.82 Å². The molecule has 1 N–H and O–H groups in total. The van der Waals surface area contributed by atoms with E-state index in [0.717, 1.165) is 35.2 Å². The maximum absolute atomic E-state index is 13.0. The standard InChI is InChI=1S/C17H16FN3/c1-2-11-19-17-14-5-3-4-6-15(14)20-16(21-17)12-7-9-13(18)10-8-12/h3-10H,2,11H2,1H3,(H,19,20,21). The molecule has 0 aliphatic carbocycles. The maximum Gasteiger partial charge on any atom is 0.162 e. The van der Waals surface area contributed by atoms with E-state index in [0.29, 0.717) is 5.82 Å². The minimum atomic E-state index is -0.260. The number of aromatic nitrogens is 2. The number of para-hydroxylation sites is 1. The molecule has 106 valence electrons. The minimum absolute atomic E-state index is 0.260. The van der Waals surface area contributed by atoms with E-state index in [4.69, 9.17) is 0 Å². The minimum Gasteiger partial charge on any atom is -0.369 e. The molecule has 0 atom stereocenters. The van der Waals surface area contributed by atoms with Gasteiger partial charge in [-0.3, -0.25) is 0 Å². The smallest absolute Gasteiger partial charge is 0.162 e. The van der Waals surface area contributed by atoms with Crippen LogP contribution in [0.1, 0.15) is 13.3 Å². The average Bonchev–Trinajstić information content (AvgIpc) is 2.53. The third-order valence-corrected chi connectivity index (χ3v) is 3.25. The zero-order valence-corrected chi connectivity index (χ0v) is 11.8. The number of hydrogen-bond donors (Lipinski definition) is 1. The van der Waals surface area contributed by atoms with Crippen molar-refractivity contribution in [2.75, 3.05) is 11.9 Å². The SMILES string of the molecule is CCCNc1nc(-c2ccc(F)cc2)nc2ccccc12. The van der Waals surface area contributed by atoms with Gasteiger partial charge in [0.05, 0.1) is 5.52 Å². The van der Waals surface area contributed by atoms with Crippen molar-refractivity contribution >= 4 is 16.7 Å². The first-order valence-corrected chi connectivity index (χ1v) is 7.04. The number of benzene rings is 2. The molecule has 2 aromatic carbocycles. The van der Waals surface area contributed by atoms with Gasteiger partial charge < -0.3 is 5.32 Å². The Hall–Kier alpha value is -2.49. The Morgan fingerprint density at radius 1 is 1.00 bits per heavy atom. The molecule has 3 rings (SSSR count). The van der Waals surface area contributed by atoms with Crippen LogP contribution in [0.25, 0.3) is 22.3 Å². The Morgan fingerprint density at radius 3 is 2.52 bits per heavy atom. The van der Waals surface area contributed by atoms with Crippen molar-refractivity contribution in [3.63, 3.8) is 0 Å². The van der Waals surface area contributed by atoms with E-state index in [2.05, 4.69) is 22.2 Å². The molecule has 0 bridgehead atoms. The Labute approximate surface area is 122 Å². The molecule has 1 heterocycles. The second-order valence-electron chi connectivity index (χ2n) is 4.85. The van der Waals surface area contributed by atoms with E-state index in [-0.39, 0.29) is 5.82 Å². The maximum atomic E-state index is 13.0. The number of nitrogens with zero attached hydrogens (tertiary/aromatic N) is 2. The Bertz CT molecular complexity index is 754. The summed E-state index contributed by atoms with van der Waals surface area (Å²) in [5.41, 5.74) is 1.69. The molecule has 0 unspecified atom stereocenters. The number of halogens is 1. The van der Waals surface area contributed by atoms with Crippen LogP contribution < -0.4 is 5.32 Å². The average molecular weight is 281 g/mol. The lowest BCUT2D eigenvalue weighted by Gasteiger charge is -2.10. The van der Waals surface area contributed by atoms with Crippen molar-refractivity contribution in [1.82, 2.24) is 9.97 Å². The van der Waals surface area contributed by atoms with Gasteiger partial charge in [-0.05, 0) is 42.8 Å². The van der Waals surface area contributed by atoms with Crippen molar-refractivity contribution in [2.45, 2.75) is 13.3 Å². The number of hydrogen-bond acceptors (Lipinski definition) is 3. The number of rotatable bonds is 4. The highest BCUT2D eigenvalue weighted by Gasteiger charge is 2.08. The van der Waals surface area contributed by atoms with Gasteiger partial charge in [0.25, 0.3) is 0 Å². The summed E-state index contributed by atoms with van der Waals surface area (Å²) in [6.45, 7) is 2.96. The Balaban J connectivity index is 2.12. The first-order valence-electron chi connectivity index (χ1n) is 7.04. The summed E-state index contributed by atoms with van der Waals surface area (Å²) in [5.74, 6) is 1.16. The fraction of sp³-hybridized carbons (Fsp3) is 0.176. The Kier molecular flexibility index (Phi) is 3.77. The third kappa shape index (κ3) is 2.84. The van der Waals surface area contributed by atoms with Crippen LogP contribution >= 0.6 is 0 Å². The quantitative estimate of drug-likeness (QED) is 0.776. The fourth-order valence-electron chi connectivity index (χ4n) is 2.18. The summed E-state index contributed by atoms with van der Waals surface area (Å²) in [6, 6.07) is 14.1. The van der Waals surface area contributed by atoms with Crippen LogP contribution in [0.3, 0.4) is 0 Å². The summed E-state index contributed by atoms with van der Waals surface area (Å²) in [6.07, 6.45) is 1.02. The van der Waals surface area contributed by atoms with E-state index in [1.165, 1.54) is 12.1 Å². The molecule has 0 spiro atoms. The van der Waals surface area contributed by atoms with Crippen LogP contribution in [0.4, 0.5) is 10.2 Å². The molecule has 0 saturated heterocycles. The number of nitrogens with one attached hydrogen (secondary N) is 1.